The number of aromatic nitrogens is 2. The van der Waals surface area contributed by atoms with Crippen LogP contribution < -0.4 is 10.9 Å². The molecule has 35 heavy (non-hydrogen) atoms. The molecule has 2 fully saturated rings. The quantitative estimate of drug-likeness (QED) is 0.383. The summed E-state index contributed by atoms with van der Waals surface area (Å²) in [6, 6.07) is 13.9. The number of rotatable bonds is 7. The zero-order valence-corrected chi connectivity index (χ0v) is 21.0. The molecule has 1 aromatic carbocycles. The molecule has 4 heterocycles. The van der Waals surface area contributed by atoms with Gasteiger partial charge in [0.25, 0.3) is 11.5 Å². The van der Waals surface area contributed by atoms with Crippen LogP contribution >= 0.6 is 24.0 Å². The molecule has 1 atom stereocenters. The molecule has 9 heteroatoms. The third kappa shape index (κ3) is 5.03. The van der Waals surface area contributed by atoms with Crippen molar-refractivity contribution in [2.75, 3.05) is 25.0 Å². The predicted molar refractivity (Wildman–Crippen MR) is 144 cm³/mol. The maximum Gasteiger partial charge on any atom is 0.267 e. The minimum atomic E-state index is -0.231. The summed E-state index contributed by atoms with van der Waals surface area (Å²) in [6.45, 7) is 3.68. The van der Waals surface area contributed by atoms with Crippen molar-refractivity contribution in [3.05, 3.63) is 80.6 Å². The number of thioether (sulfide) groups is 1. The molecule has 1 amide bonds. The van der Waals surface area contributed by atoms with Crippen LogP contribution in [0.3, 0.4) is 0 Å². The SMILES string of the molecule is Cc1cccn2c(=O)c(C=C3SC(=S)N(CC4CCCO4)C3=O)c(NCCc3ccccc3)nc12. The van der Waals surface area contributed by atoms with E-state index in [1.165, 1.54) is 21.7 Å². The summed E-state index contributed by atoms with van der Waals surface area (Å²) >= 11 is 6.70. The number of hydrogen-bond acceptors (Lipinski definition) is 7. The number of thiocarbonyl (C=S) groups is 1. The van der Waals surface area contributed by atoms with E-state index >= 15 is 0 Å². The monoisotopic (exact) mass is 506 g/mol. The molecule has 180 valence electrons. The first-order valence-electron chi connectivity index (χ1n) is 11.7. The Morgan fingerprint density at radius 2 is 2.06 bits per heavy atom. The van der Waals surface area contributed by atoms with Gasteiger partial charge in [0, 0.05) is 19.3 Å². The third-order valence-corrected chi connectivity index (χ3v) is 7.57. The van der Waals surface area contributed by atoms with Gasteiger partial charge in [0.15, 0.2) is 0 Å². The van der Waals surface area contributed by atoms with E-state index in [9.17, 15) is 9.59 Å². The molecular formula is C26H26N4O3S2. The minimum absolute atomic E-state index is 0.00278. The molecule has 0 aliphatic carbocycles. The summed E-state index contributed by atoms with van der Waals surface area (Å²) in [5.41, 5.74) is 2.78. The topological polar surface area (TPSA) is 75.9 Å². The second kappa shape index (κ2) is 10.3. The van der Waals surface area contributed by atoms with E-state index in [-0.39, 0.29) is 17.6 Å². The first-order chi connectivity index (χ1) is 17.0. The highest BCUT2D eigenvalue weighted by Gasteiger charge is 2.35. The molecule has 7 nitrogen and oxygen atoms in total. The van der Waals surface area contributed by atoms with Crippen LogP contribution in [0.4, 0.5) is 5.82 Å². The van der Waals surface area contributed by atoms with E-state index in [2.05, 4.69) is 17.4 Å². The number of aryl methyl sites for hydroxylation is 1. The first-order valence-corrected chi connectivity index (χ1v) is 12.9. The van der Waals surface area contributed by atoms with Gasteiger partial charge in [-0.3, -0.25) is 18.9 Å². The fraction of sp³-hybridized carbons (Fsp3) is 0.308. The lowest BCUT2D eigenvalue weighted by Gasteiger charge is -2.18. The van der Waals surface area contributed by atoms with E-state index in [4.69, 9.17) is 21.9 Å². The van der Waals surface area contributed by atoms with Gasteiger partial charge in [-0.2, -0.15) is 0 Å². The lowest BCUT2D eigenvalue weighted by molar-refractivity contribution is -0.123. The van der Waals surface area contributed by atoms with Crippen LogP contribution in [0.5, 0.6) is 0 Å². The third-order valence-electron chi connectivity index (χ3n) is 6.19. The number of amides is 1. The highest BCUT2D eigenvalue weighted by molar-refractivity contribution is 8.26. The maximum absolute atomic E-state index is 13.5. The van der Waals surface area contributed by atoms with Gasteiger partial charge in [-0.05, 0) is 49.5 Å². The van der Waals surface area contributed by atoms with E-state index in [0.29, 0.717) is 46.0 Å². The Morgan fingerprint density at radius 3 is 2.83 bits per heavy atom. The van der Waals surface area contributed by atoms with Crippen LogP contribution in [0.2, 0.25) is 0 Å². The number of carbonyl (C=O) groups excluding carboxylic acids is 1. The van der Waals surface area contributed by atoms with Gasteiger partial charge in [0.1, 0.15) is 15.8 Å². The smallest absolute Gasteiger partial charge is 0.267 e. The average Bonchev–Trinajstić information content (AvgIpc) is 3.47. The first kappa shape index (κ1) is 23.7. The predicted octanol–water partition coefficient (Wildman–Crippen LogP) is 4.04. The fourth-order valence-corrected chi connectivity index (χ4v) is 5.58. The summed E-state index contributed by atoms with van der Waals surface area (Å²) in [6.07, 6.45) is 6.02. The molecule has 0 bridgehead atoms. The summed E-state index contributed by atoms with van der Waals surface area (Å²) < 4.78 is 7.70. The Balaban J connectivity index is 1.48. The van der Waals surface area contributed by atoms with Crippen molar-refractivity contribution in [1.29, 1.82) is 0 Å². The molecule has 3 aromatic rings. The van der Waals surface area contributed by atoms with E-state index in [1.807, 2.05) is 37.3 Å². The number of ether oxygens (including phenoxy) is 1. The van der Waals surface area contributed by atoms with E-state index in [1.54, 1.807) is 17.2 Å². The number of nitrogens with one attached hydrogen (secondary N) is 1. The number of fused-ring (bicyclic) bond motifs is 1. The van der Waals surface area contributed by atoms with Crippen LogP contribution in [0, 0.1) is 6.92 Å². The van der Waals surface area contributed by atoms with Gasteiger partial charge < -0.3 is 10.1 Å². The van der Waals surface area contributed by atoms with Crippen molar-refractivity contribution in [2.45, 2.75) is 32.3 Å². The Hall–Kier alpha value is -3.01. The second-order valence-electron chi connectivity index (χ2n) is 8.65. The van der Waals surface area contributed by atoms with Crippen molar-refractivity contribution in [3.63, 3.8) is 0 Å². The van der Waals surface area contributed by atoms with Gasteiger partial charge in [-0.25, -0.2) is 4.98 Å². The molecule has 1 unspecified atom stereocenters. The average molecular weight is 507 g/mol. The van der Waals surface area contributed by atoms with Gasteiger partial charge >= 0.3 is 0 Å². The maximum atomic E-state index is 13.5. The van der Waals surface area contributed by atoms with Crippen LogP contribution in [0.25, 0.3) is 11.7 Å². The number of nitrogens with zero attached hydrogens (tertiary/aromatic N) is 3. The number of anilines is 1. The second-order valence-corrected chi connectivity index (χ2v) is 10.3. The Kier molecular flexibility index (Phi) is 6.99. The molecule has 2 aromatic heterocycles. The largest absolute Gasteiger partial charge is 0.376 e. The Morgan fingerprint density at radius 1 is 1.23 bits per heavy atom. The molecule has 2 aliphatic heterocycles. The lowest BCUT2D eigenvalue weighted by atomic mass is 10.1. The molecular weight excluding hydrogens is 480 g/mol. The van der Waals surface area contributed by atoms with Gasteiger partial charge in [0.2, 0.25) is 0 Å². The molecule has 0 saturated carbocycles. The molecule has 0 radical (unpaired) electrons. The van der Waals surface area contributed by atoms with Gasteiger partial charge in [-0.1, -0.05) is 60.4 Å². The van der Waals surface area contributed by atoms with Crippen LogP contribution in [-0.2, 0) is 16.0 Å². The van der Waals surface area contributed by atoms with Gasteiger partial charge in [-0.15, -0.1) is 0 Å². The summed E-state index contributed by atoms with van der Waals surface area (Å²) in [4.78, 5) is 33.5. The molecule has 5 rings (SSSR count). The molecule has 2 aliphatic rings. The number of pyridine rings is 1. The van der Waals surface area contributed by atoms with Crippen LogP contribution in [0.1, 0.15) is 29.5 Å². The fourth-order valence-electron chi connectivity index (χ4n) is 4.33. The van der Waals surface area contributed by atoms with Gasteiger partial charge in [0.05, 0.1) is 23.1 Å². The number of carbonyl (C=O) groups is 1. The molecule has 0 spiro atoms. The Bertz CT molecular complexity index is 1360. The van der Waals surface area contributed by atoms with E-state index < -0.39 is 0 Å². The molecule has 2 saturated heterocycles. The summed E-state index contributed by atoms with van der Waals surface area (Å²) in [5.74, 6) is 0.268. The Labute approximate surface area is 213 Å². The number of benzene rings is 1. The minimum Gasteiger partial charge on any atom is -0.376 e. The zero-order valence-electron chi connectivity index (χ0n) is 19.4. The van der Waals surface area contributed by atoms with Crippen molar-refractivity contribution >= 4 is 51.7 Å². The standard InChI is InChI=1S/C26H26N4O3S2/c1-17-7-5-13-29-23(17)28-22(27-12-11-18-8-3-2-4-9-18)20(24(29)31)15-21-25(32)30(26(34)35-21)16-19-10-6-14-33-19/h2-5,7-9,13,15,19,27H,6,10-12,14,16H2,1H3. The highest BCUT2D eigenvalue weighted by atomic mass is 32.2. The highest BCUT2D eigenvalue weighted by Crippen LogP contribution is 2.34. The van der Waals surface area contributed by atoms with Crippen molar-refractivity contribution < 1.29 is 9.53 Å². The van der Waals surface area contributed by atoms with Crippen molar-refractivity contribution in [3.8, 4) is 0 Å². The normalized spacial score (nSPS) is 19.3. The zero-order chi connectivity index (χ0) is 24.4. The summed E-state index contributed by atoms with van der Waals surface area (Å²) in [5, 5.41) is 3.34. The number of hydrogen-bond donors (Lipinski definition) is 1. The van der Waals surface area contributed by atoms with Crippen molar-refractivity contribution in [2.24, 2.45) is 0 Å². The summed E-state index contributed by atoms with van der Waals surface area (Å²) in [7, 11) is 0. The molecule has 1 N–H and O–H groups in total. The lowest BCUT2D eigenvalue weighted by Crippen LogP contribution is -2.35. The van der Waals surface area contributed by atoms with E-state index in [0.717, 1.165) is 24.8 Å². The van der Waals surface area contributed by atoms with Crippen molar-refractivity contribution in [1.82, 2.24) is 14.3 Å². The van der Waals surface area contributed by atoms with Crippen LogP contribution in [0.15, 0.2) is 58.4 Å². The van der Waals surface area contributed by atoms with Crippen LogP contribution in [-0.4, -0.2) is 50.3 Å².